The number of ether oxygens (including phenoxy) is 1. The van der Waals surface area contributed by atoms with Crippen LogP contribution in [0.3, 0.4) is 0 Å². The molecule has 0 bridgehead atoms. The molecule has 0 N–H and O–H groups in total. The Kier molecular flexibility index (Phi) is 3.71. The van der Waals surface area contributed by atoms with Crippen molar-refractivity contribution < 1.29 is 4.74 Å². The lowest BCUT2D eigenvalue weighted by molar-refractivity contribution is -0.0175. The summed E-state index contributed by atoms with van der Waals surface area (Å²) in [5, 5.41) is 5.44. The fraction of sp³-hybridized carbons (Fsp3) is 0.429. The highest BCUT2D eigenvalue weighted by atomic mass is 35.5. The predicted molar refractivity (Wildman–Crippen MR) is 77.9 cm³/mol. The third-order valence-electron chi connectivity index (χ3n) is 3.63. The molecule has 106 valence electrons. The third-order valence-corrected chi connectivity index (χ3v) is 4.18. The Morgan fingerprint density at radius 1 is 1.45 bits per heavy atom. The van der Waals surface area contributed by atoms with Gasteiger partial charge in [-0.15, -0.1) is 0 Å². The van der Waals surface area contributed by atoms with E-state index in [1.807, 2.05) is 12.1 Å². The van der Waals surface area contributed by atoms with Crippen LogP contribution < -0.4 is 0 Å². The molecule has 0 spiro atoms. The van der Waals surface area contributed by atoms with Gasteiger partial charge in [-0.2, -0.15) is 5.10 Å². The summed E-state index contributed by atoms with van der Waals surface area (Å²) in [5.74, 6) is 0.477. The van der Waals surface area contributed by atoms with Crippen LogP contribution in [0, 0.1) is 5.92 Å². The largest absolute Gasteiger partial charge is 0.368 e. The SMILES string of the molecule is CC1COC(Cn2cncn2)(c2ccc(Cl)cc2Cl)C1. The minimum absolute atomic E-state index is 0.464. The summed E-state index contributed by atoms with van der Waals surface area (Å²) in [7, 11) is 0. The number of rotatable bonds is 3. The number of hydrogen-bond acceptors (Lipinski definition) is 3. The Labute approximate surface area is 127 Å². The van der Waals surface area contributed by atoms with Crippen LogP contribution in [0.5, 0.6) is 0 Å². The first-order valence-corrected chi connectivity index (χ1v) is 7.26. The molecule has 1 aromatic carbocycles. The van der Waals surface area contributed by atoms with Crippen LogP contribution in [-0.2, 0) is 16.9 Å². The molecular weight excluding hydrogens is 297 g/mol. The van der Waals surface area contributed by atoms with Gasteiger partial charge < -0.3 is 4.74 Å². The molecule has 2 aromatic rings. The molecule has 6 heteroatoms. The molecule has 3 rings (SSSR count). The molecule has 2 atom stereocenters. The van der Waals surface area contributed by atoms with Crippen molar-refractivity contribution in [3.63, 3.8) is 0 Å². The van der Waals surface area contributed by atoms with Crippen molar-refractivity contribution in [1.82, 2.24) is 14.8 Å². The lowest BCUT2D eigenvalue weighted by Crippen LogP contribution is -2.31. The predicted octanol–water partition coefficient (Wildman–Crippen LogP) is 3.54. The molecule has 1 aliphatic rings. The molecule has 1 saturated heterocycles. The number of halogens is 2. The second kappa shape index (κ2) is 5.35. The maximum Gasteiger partial charge on any atom is 0.137 e. The number of benzene rings is 1. The molecule has 2 heterocycles. The van der Waals surface area contributed by atoms with E-state index in [4.69, 9.17) is 27.9 Å². The maximum atomic E-state index is 6.38. The van der Waals surface area contributed by atoms with Crippen LogP contribution in [0.2, 0.25) is 10.0 Å². The van der Waals surface area contributed by atoms with Gasteiger partial charge >= 0.3 is 0 Å². The zero-order valence-corrected chi connectivity index (χ0v) is 12.6. The van der Waals surface area contributed by atoms with Crippen LogP contribution in [0.4, 0.5) is 0 Å². The number of aromatic nitrogens is 3. The fourth-order valence-corrected chi connectivity index (χ4v) is 3.38. The van der Waals surface area contributed by atoms with E-state index >= 15 is 0 Å². The molecule has 4 nitrogen and oxygen atoms in total. The Morgan fingerprint density at radius 2 is 2.30 bits per heavy atom. The Bertz CT molecular complexity index is 602. The van der Waals surface area contributed by atoms with E-state index in [2.05, 4.69) is 17.0 Å². The monoisotopic (exact) mass is 311 g/mol. The second-order valence-corrected chi connectivity index (χ2v) is 6.18. The molecule has 1 aliphatic heterocycles. The van der Waals surface area contributed by atoms with E-state index < -0.39 is 5.60 Å². The first-order valence-electron chi connectivity index (χ1n) is 6.51. The van der Waals surface area contributed by atoms with Gasteiger partial charge in [0.15, 0.2) is 0 Å². The third kappa shape index (κ3) is 2.55. The van der Waals surface area contributed by atoms with E-state index in [1.54, 1.807) is 17.1 Å². The van der Waals surface area contributed by atoms with Gasteiger partial charge in [-0.1, -0.05) is 36.2 Å². The summed E-state index contributed by atoms with van der Waals surface area (Å²) < 4.78 is 7.90. The first kappa shape index (κ1) is 13.9. The van der Waals surface area contributed by atoms with Crippen molar-refractivity contribution in [3.8, 4) is 0 Å². The van der Waals surface area contributed by atoms with Crippen LogP contribution >= 0.6 is 23.2 Å². The van der Waals surface area contributed by atoms with E-state index in [0.29, 0.717) is 29.1 Å². The Hall–Kier alpha value is -1.10. The molecule has 0 saturated carbocycles. The lowest BCUT2D eigenvalue weighted by atomic mass is 9.87. The second-order valence-electron chi connectivity index (χ2n) is 5.33. The average Bonchev–Trinajstić information content (AvgIpc) is 3.00. The summed E-state index contributed by atoms with van der Waals surface area (Å²) in [6.45, 7) is 3.49. The first-order chi connectivity index (χ1) is 9.59. The minimum atomic E-state index is -0.464. The van der Waals surface area contributed by atoms with Gasteiger partial charge in [0.2, 0.25) is 0 Å². The van der Waals surface area contributed by atoms with Crippen LogP contribution in [0.1, 0.15) is 18.9 Å². The molecule has 0 radical (unpaired) electrons. The van der Waals surface area contributed by atoms with Gasteiger partial charge in [-0.25, -0.2) is 9.67 Å². The van der Waals surface area contributed by atoms with Crippen LogP contribution in [0.25, 0.3) is 0 Å². The molecular formula is C14H15Cl2N3O. The van der Waals surface area contributed by atoms with Crippen molar-refractivity contribution >= 4 is 23.2 Å². The average molecular weight is 312 g/mol. The smallest absolute Gasteiger partial charge is 0.137 e. The van der Waals surface area contributed by atoms with E-state index in [0.717, 1.165) is 12.0 Å². The highest BCUT2D eigenvalue weighted by molar-refractivity contribution is 6.35. The van der Waals surface area contributed by atoms with Gasteiger partial charge in [0.05, 0.1) is 13.2 Å². The van der Waals surface area contributed by atoms with Crippen LogP contribution in [-0.4, -0.2) is 21.4 Å². The van der Waals surface area contributed by atoms with Crippen molar-refractivity contribution in [2.75, 3.05) is 6.61 Å². The van der Waals surface area contributed by atoms with E-state index in [-0.39, 0.29) is 0 Å². The van der Waals surface area contributed by atoms with Crippen molar-refractivity contribution in [2.24, 2.45) is 5.92 Å². The highest BCUT2D eigenvalue weighted by Gasteiger charge is 2.42. The van der Waals surface area contributed by atoms with Gasteiger partial charge in [0, 0.05) is 15.6 Å². The zero-order valence-electron chi connectivity index (χ0n) is 11.1. The molecule has 1 fully saturated rings. The quantitative estimate of drug-likeness (QED) is 0.870. The zero-order chi connectivity index (χ0) is 14.2. The van der Waals surface area contributed by atoms with Crippen molar-refractivity contribution in [3.05, 3.63) is 46.5 Å². The Morgan fingerprint density at radius 3 is 2.90 bits per heavy atom. The maximum absolute atomic E-state index is 6.38. The van der Waals surface area contributed by atoms with Crippen LogP contribution in [0.15, 0.2) is 30.9 Å². The minimum Gasteiger partial charge on any atom is -0.368 e. The highest BCUT2D eigenvalue weighted by Crippen LogP contribution is 2.43. The van der Waals surface area contributed by atoms with Gasteiger partial charge in [0.1, 0.15) is 18.3 Å². The fourth-order valence-electron chi connectivity index (χ4n) is 2.80. The summed E-state index contributed by atoms with van der Waals surface area (Å²) >= 11 is 12.4. The lowest BCUT2D eigenvalue weighted by Gasteiger charge is -2.30. The van der Waals surface area contributed by atoms with Gasteiger partial charge in [-0.3, -0.25) is 0 Å². The van der Waals surface area contributed by atoms with Gasteiger partial charge in [0.25, 0.3) is 0 Å². The summed E-state index contributed by atoms with van der Waals surface area (Å²) in [4.78, 5) is 3.99. The standard InChI is InChI=1S/C14H15Cl2N3O/c1-10-5-14(20-6-10,7-19-9-17-8-18-19)12-3-2-11(15)4-13(12)16/h2-4,8-10H,5-7H2,1H3. The summed E-state index contributed by atoms with van der Waals surface area (Å²) in [6.07, 6.45) is 4.11. The Balaban J connectivity index is 2.01. The molecule has 0 aliphatic carbocycles. The number of hydrogen-bond donors (Lipinski definition) is 0. The molecule has 20 heavy (non-hydrogen) atoms. The topological polar surface area (TPSA) is 39.9 Å². The summed E-state index contributed by atoms with van der Waals surface area (Å²) in [5.41, 5.74) is 0.498. The molecule has 1 aromatic heterocycles. The van der Waals surface area contributed by atoms with Gasteiger partial charge in [-0.05, 0) is 24.5 Å². The molecule has 0 amide bonds. The number of nitrogens with zero attached hydrogens (tertiary/aromatic N) is 3. The van der Waals surface area contributed by atoms with Crippen molar-refractivity contribution in [1.29, 1.82) is 0 Å². The van der Waals surface area contributed by atoms with E-state index in [9.17, 15) is 0 Å². The summed E-state index contributed by atoms with van der Waals surface area (Å²) in [6, 6.07) is 5.55. The molecule has 2 unspecified atom stereocenters. The van der Waals surface area contributed by atoms with E-state index in [1.165, 1.54) is 6.33 Å². The normalized spacial score (nSPS) is 26.1. The van der Waals surface area contributed by atoms with Crippen molar-refractivity contribution in [2.45, 2.75) is 25.5 Å².